The maximum absolute atomic E-state index is 12.9. The molecule has 8 aromatic heterocycles. The van der Waals surface area contributed by atoms with E-state index in [2.05, 4.69) is 87.1 Å². The van der Waals surface area contributed by atoms with Crippen LogP contribution in [0.5, 0.6) is 0 Å². The van der Waals surface area contributed by atoms with E-state index in [4.69, 9.17) is 44.4 Å². The summed E-state index contributed by atoms with van der Waals surface area (Å²) >= 11 is 15.1. The molecule has 0 saturated carbocycles. The number of thioether (sulfide) groups is 1. The molecule has 0 unspecified atom stereocenters. The van der Waals surface area contributed by atoms with E-state index in [1.165, 1.54) is 106 Å². The van der Waals surface area contributed by atoms with Gasteiger partial charge >= 0.3 is 0 Å². The number of halogens is 1. The van der Waals surface area contributed by atoms with E-state index in [-0.39, 0.29) is 54.1 Å². The van der Waals surface area contributed by atoms with Gasteiger partial charge < -0.3 is 56.3 Å². The Labute approximate surface area is 840 Å². The van der Waals surface area contributed by atoms with Crippen molar-refractivity contribution in [3.8, 4) is 89.4 Å². The van der Waals surface area contributed by atoms with Crippen LogP contribution < -0.4 is 58.2 Å². The van der Waals surface area contributed by atoms with E-state index in [0.717, 1.165) is 31.6 Å². The average Bonchev–Trinajstić information content (AvgIpc) is 1.52. The summed E-state index contributed by atoms with van der Waals surface area (Å²) in [6.45, 7) is 13.3. The fraction of sp³-hybridized carbons (Fsp3) is 0.159. The number of benzene rings is 8. The van der Waals surface area contributed by atoms with Gasteiger partial charge in [0.15, 0.2) is 9.85 Å². The van der Waals surface area contributed by atoms with Gasteiger partial charge in [-0.1, -0.05) is 38.1 Å². The smallest absolute Gasteiger partial charge is 0.269 e. The number of nitro groups is 2. The first kappa shape index (κ1) is 107. The topological polar surface area (TPSA) is 572 Å². The number of aromatic nitrogens is 12. The van der Waals surface area contributed by atoms with Crippen molar-refractivity contribution in [3.63, 3.8) is 0 Å². The van der Waals surface area contributed by atoms with Crippen LogP contribution in [0.1, 0.15) is 48.5 Å². The van der Waals surface area contributed by atoms with Gasteiger partial charge in [0, 0.05) is 239 Å². The molecule has 50 heteroatoms. The number of hydrogen-bond donors (Lipinski definition) is 11. The number of nitrogens with zero attached hydrogens (tertiary/aromatic N) is 15. The Morgan fingerprint density at radius 3 is 1.03 bits per heavy atom. The molecular formula is C88H91BrFeN26O12S10. The molecule has 0 saturated heterocycles. The third kappa shape index (κ3) is 29.8. The molecule has 720 valence electrons. The largest absolute Gasteiger partial charge is 0.399 e. The molecule has 138 heavy (non-hydrogen) atoms. The summed E-state index contributed by atoms with van der Waals surface area (Å²) in [5.41, 5.74) is 19.5. The summed E-state index contributed by atoms with van der Waals surface area (Å²) in [6.07, 6.45) is 20.3. The first-order valence-electron chi connectivity index (χ1n) is 40.4. The first-order chi connectivity index (χ1) is 64.7. The van der Waals surface area contributed by atoms with Crippen molar-refractivity contribution in [1.82, 2.24) is 68.2 Å². The summed E-state index contributed by atoms with van der Waals surface area (Å²) in [5.74, 6) is 1.71. The molecule has 16 rings (SSSR count). The second-order valence-corrected chi connectivity index (χ2v) is 43.9. The zero-order valence-corrected chi connectivity index (χ0v) is 85.9. The second kappa shape index (κ2) is 47.0. The number of thiocarbonyl (C=S) groups is 1. The molecule has 0 amide bonds. The second-order valence-electron chi connectivity index (χ2n) is 31.1. The van der Waals surface area contributed by atoms with Gasteiger partial charge in [0.05, 0.1) is 48.9 Å². The number of anilines is 9. The number of primary sulfonamides is 3. The molecular weight excluding hydrogens is 2070 g/mol. The van der Waals surface area contributed by atoms with Gasteiger partial charge in [-0.2, -0.15) is 5.26 Å². The summed E-state index contributed by atoms with van der Waals surface area (Å²) in [7, 11) is -8.39. The molecule has 0 fully saturated rings. The number of hydrogen-bond acceptors (Lipinski definition) is 32. The zero-order chi connectivity index (χ0) is 99.6. The summed E-state index contributed by atoms with van der Waals surface area (Å²) < 4.78 is 110. The maximum Gasteiger partial charge on any atom is 0.269 e. The van der Waals surface area contributed by atoms with Crippen molar-refractivity contribution in [1.29, 1.82) is 5.26 Å². The Bertz CT molecular complexity index is 7510. The van der Waals surface area contributed by atoms with E-state index in [1.807, 2.05) is 101 Å². The Morgan fingerprint density at radius 1 is 0.457 bits per heavy atom. The molecule has 0 bridgehead atoms. The van der Waals surface area contributed by atoms with Gasteiger partial charge in [0.25, 0.3) is 11.4 Å². The number of nitriles is 1. The van der Waals surface area contributed by atoms with E-state index in [9.17, 15) is 53.9 Å². The Morgan fingerprint density at radius 2 is 0.761 bits per heavy atom. The Kier molecular flexibility index (Phi) is 36.5. The van der Waals surface area contributed by atoms with Crippen LogP contribution in [0.15, 0.2) is 269 Å². The van der Waals surface area contributed by atoms with Crippen LogP contribution >= 0.6 is 85.3 Å². The number of imidazole rings is 4. The van der Waals surface area contributed by atoms with Crippen molar-refractivity contribution in [2.75, 3.05) is 32.7 Å². The van der Waals surface area contributed by atoms with E-state index in [0.29, 0.717) is 120 Å². The third-order valence-electron chi connectivity index (χ3n) is 18.6. The Balaban J connectivity index is 0.000000181. The van der Waals surface area contributed by atoms with E-state index in [1.54, 1.807) is 195 Å². The fourth-order valence-corrected chi connectivity index (χ4v) is 21.1. The van der Waals surface area contributed by atoms with Crippen LogP contribution in [0.4, 0.5) is 63.3 Å². The van der Waals surface area contributed by atoms with Crippen LogP contribution in [0, 0.1) is 30.9 Å². The number of thiocyanates is 1. The zero-order valence-electron chi connectivity index (χ0n) is 75.1. The number of sulfonamides is 4. The average molecular weight is 2160 g/mol. The van der Waals surface area contributed by atoms with Gasteiger partial charge in [-0.05, 0) is 196 Å². The van der Waals surface area contributed by atoms with Gasteiger partial charge in [-0.15, -0.1) is 45.3 Å². The third-order valence-corrected chi connectivity index (χ3v) is 29.1. The van der Waals surface area contributed by atoms with Crippen LogP contribution in [-0.2, 0) is 85.4 Å². The van der Waals surface area contributed by atoms with E-state index < -0.39 is 55.5 Å². The number of aryl methyl sites for hydroxylation is 4. The molecule has 0 radical (unpaired) electrons. The van der Waals surface area contributed by atoms with Crippen molar-refractivity contribution >= 4 is 194 Å². The predicted molar refractivity (Wildman–Crippen MR) is 551 cm³/mol. The van der Waals surface area contributed by atoms with Crippen molar-refractivity contribution in [2.24, 2.45) is 43.6 Å². The van der Waals surface area contributed by atoms with Crippen LogP contribution in [0.3, 0.4) is 0 Å². The van der Waals surface area contributed by atoms with Crippen molar-refractivity contribution in [2.45, 2.75) is 84.9 Å². The molecule has 0 atom stereocenters. The quantitative estimate of drug-likeness (QED) is 0.00668. The molecule has 0 aliphatic rings. The molecule has 0 spiro atoms. The number of rotatable bonds is 24. The minimum Gasteiger partial charge on any atom is -0.399 e. The normalized spacial score (nSPS) is 11.3. The fourth-order valence-electron chi connectivity index (χ4n) is 12.2. The van der Waals surface area contributed by atoms with Gasteiger partial charge in [0.1, 0.15) is 25.4 Å². The molecule has 8 heterocycles. The molecule has 0 aliphatic heterocycles. The summed E-state index contributed by atoms with van der Waals surface area (Å²) in [4.78, 5) is 57.5. The van der Waals surface area contributed by atoms with Crippen LogP contribution in [0.25, 0.3) is 84.0 Å². The van der Waals surface area contributed by atoms with Crippen molar-refractivity contribution in [3.05, 3.63) is 269 Å². The van der Waals surface area contributed by atoms with Gasteiger partial charge in [-0.3, -0.25) is 20.2 Å². The SMILES string of the molecule is CC(C)(C)NS(=O)(=O)c1cc(N)ccc1-c1cnc(-c2ccc([N+](=O)[O-])cc2)s1.CC(C)NC(=S)Nc1ccc(-c2ncc(-c3ccc(Nc4nccn4C)cc3S(N)(=O)=O)s2)cc1.CC(C)SC#N.Cn1ccnc1Br.Cn1ccnc1Nc1ccc(-c2cnc(-c3ccc(N)cc3)s2)c(S(N)(=O)=O)c1.Cn1ccnc1Nc1ccc(-c2cnc(-c3ccc([N+](=O)[O-])cc3)s2)c(S(N)(=O)=O)c1.[Fe]. The number of thiazole rings is 4. The number of non-ortho nitro benzene ring substituents is 2. The minimum atomic E-state index is -4.03. The van der Waals surface area contributed by atoms with Crippen LogP contribution in [0.2, 0.25) is 0 Å². The number of nitrogen functional groups attached to an aromatic ring is 2. The number of nitrogens with one attached hydrogen (secondary N) is 6. The molecule has 16 aromatic rings. The minimum absolute atomic E-state index is 0. The first-order valence-corrected chi connectivity index (χ1v) is 51.9. The van der Waals surface area contributed by atoms with Gasteiger partial charge in [-0.25, -0.2) is 93.7 Å². The summed E-state index contributed by atoms with van der Waals surface area (Å²) in [5, 5.41) is 67.4. The maximum atomic E-state index is 12.9. The molecule has 8 aromatic carbocycles. The molecule has 16 N–H and O–H groups in total. The van der Waals surface area contributed by atoms with Gasteiger partial charge in [0.2, 0.25) is 57.9 Å². The number of nitro benzene ring substituents is 2. The number of nitrogens with two attached hydrogens (primary N) is 5. The standard InChI is InChI=1S/C23H25N7O2S3.C19H16N6O4S2.C19H18N6O2S2.C19H20N4O4S2.C4H5BrN2.C4H7NS.Fe/c1-14(2)27-23(33)29-16-6-4-15(5-7-16)21-26-13-19(34-21)18-9-8-17(12-20(18)35(24,31)32)28-22-25-10-11-30(22)3;1-24-9-8-21-19(24)23-13-4-7-15(17(10-13)31(20,28)29)16-11-22-18(30-16)12-2-5-14(6-3-12)25(26)27;1-25-9-8-22-19(25)24-14-6-7-15(17(10-14)29(21,26)27)16-11-23-18(28-16)12-2-4-13(20)5-3-12;1-19(2,3)22-29(26,27)17-10-13(20)6-9-15(17)16-11-21-18(28-16)12-4-7-14(8-5-12)23(24)25;1-7-3-2-6-4(7)5;1-4(2)6-3-5;/h4-14H,1-3H3,(H,25,28)(H2,24,31,32)(H2,27,29,33);2-11H,1H3,(H,21,23)(H2,20,28,29);2-11H,20H2,1H3,(H,22,24)(H2,21,26,27);4-11,22H,20H2,1-3H3;2-3H,1H3;4H,1-2H3;. The molecule has 0 aliphatic carbocycles. The van der Waals surface area contributed by atoms with Crippen LogP contribution in [-0.4, -0.2) is 124 Å². The summed E-state index contributed by atoms with van der Waals surface area (Å²) in [6, 6.07) is 46.8. The Hall–Kier alpha value is -12.9. The predicted octanol–water partition coefficient (Wildman–Crippen LogP) is 17.8. The molecule has 38 nitrogen and oxygen atoms in total. The van der Waals surface area contributed by atoms with E-state index >= 15 is 0 Å². The monoisotopic (exact) mass is 2160 g/mol. The van der Waals surface area contributed by atoms with Crippen molar-refractivity contribution < 1.29 is 60.6 Å².